The summed E-state index contributed by atoms with van der Waals surface area (Å²) in [7, 11) is 0. The molecule has 0 amide bonds. The van der Waals surface area contributed by atoms with Crippen LogP contribution in [0.15, 0.2) is 42.5 Å². The van der Waals surface area contributed by atoms with Crippen molar-refractivity contribution in [2.24, 2.45) is 0 Å². The maximum absolute atomic E-state index is 6.46. The number of halogens is 4. The van der Waals surface area contributed by atoms with Crippen molar-refractivity contribution in [2.75, 3.05) is 0 Å². The highest BCUT2D eigenvalue weighted by atomic mass is 127. The molecule has 1 unspecified atom stereocenters. The lowest BCUT2D eigenvalue weighted by Crippen LogP contribution is -1.96. The van der Waals surface area contributed by atoms with Gasteiger partial charge >= 0.3 is 0 Å². The van der Waals surface area contributed by atoms with Crippen LogP contribution in [0, 0.1) is 3.57 Å². The maximum Gasteiger partial charge on any atom is 0.0860 e. The SMILES string of the molecule is Clc1ccc(C(Cl)c2ccccc2I)c(Cl)c1. The fourth-order valence-corrected chi connectivity index (χ4v) is 3.39. The highest BCUT2D eigenvalue weighted by molar-refractivity contribution is 14.1. The summed E-state index contributed by atoms with van der Waals surface area (Å²) in [4.78, 5) is 0. The van der Waals surface area contributed by atoms with Gasteiger partial charge < -0.3 is 0 Å². The first-order valence-electron chi connectivity index (χ1n) is 4.93. The molecule has 2 aromatic rings. The van der Waals surface area contributed by atoms with Crippen molar-refractivity contribution in [2.45, 2.75) is 5.38 Å². The van der Waals surface area contributed by atoms with Crippen LogP contribution in [0.3, 0.4) is 0 Å². The Morgan fingerprint density at radius 2 is 1.65 bits per heavy atom. The zero-order valence-electron chi connectivity index (χ0n) is 8.63. The Labute approximate surface area is 129 Å². The maximum atomic E-state index is 6.46. The van der Waals surface area contributed by atoms with E-state index in [4.69, 9.17) is 34.8 Å². The summed E-state index contributed by atoms with van der Waals surface area (Å²) >= 11 is 20.8. The van der Waals surface area contributed by atoms with E-state index in [2.05, 4.69) is 22.6 Å². The number of hydrogen-bond acceptors (Lipinski definition) is 0. The summed E-state index contributed by atoms with van der Waals surface area (Å²) in [5.74, 6) is 0. The molecule has 0 heterocycles. The minimum atomic E-state index is -0.257. The van der Waals surface area contributed by atoms with Gasteiger partial charge in [-0.05, 0) is 51.9 Å². The van der Waals surface area contributed by atoms with Gasteiger partial charge in [0.15, 0.2) is 0 Å². The highest BCUT2D eigenvalue weighted by Crippen LogP contribution is 2.36. The molecule has 0 N–H and O–H groups in total. The van der Waals surface area contributed by atoms with Crippen molar-refractivity contribution >= 4 is 57.4 Å². The second-order valence-electron chi connectivity index (χ2n) is 3.55. The van der Waals surface area contributed by atoms with Crippen LogP contribution < -0.4 is 0 Å². The summed E-state index contributed by atoms with van der Waals surface area (Å²) in [5.41, 5.74) is 1.93. The van der Waals surface area contributed by atoms with Gasteiger partial charge in [0.25, 0.3) is 0 Å². The molecule has 0 aliphatic carbocycles. The van der Waals surface area contributed by atoms with Crippen LogP contribution >= 0.6 is 57.4 Å². The molecule has 0 saturated carbocycles. The van der Waals surface area contributed by atoms with Crippen LogP contribution in [0.1, 0.15) is 16.5 Å². The van der Waals surface area contributed by atoms with Crippen LogP contribution in [0.25, 0.3) is 0 Å². The molecule has 2 aromatic carbocycles. The summed E-state index contributed by atoms with van der Waals surface area (Å²) in [6.45, 7) is 0. The summed E-state index contributed by atoms with van der Waals surface area (Å²) < 4.78 is 1.12. The van der Waals surface area contributed by atoms with Crippen molar-refractivity contribution in [1.82, 2.24) is 0 Å². The third-order valence-corrected chi connectivity index (χ3v) is 4.43. The Hall–Kier alpha value is 0.0400. The Morgan fingerprint density at radius 3 is 2.29 bits per heavy atom. The van der Waals surface area contributed by atoms with Crippen molar-refractivity contribution < 1.29 is 0 Å². The molecule has 17 heavy (non-hydrogen) atoms. The molecule has 0 radical (unpaired) electrons. The minimum Gasteiger partial charge on any atom is -0.112 e. The van der Waals surface area contributed by atoms with Gasteiger partial charge in [0, 0.05) is 13.6 Å². The molecule has 2 rings (SSSR count). The molecule has 88 valence electrons. The third-order valence-electron chi connectivity index (χ3n) is 2.41. The molecule has 0 aliphatic rings. The van der Waals surface area contributed by atoms with E-state index in [0.29, 0.717) is 10.0 Å². The summed E-state index contributed by atoms with van der Waals surface area (Å²) in [5, 5.41) is 0.954. The predicted octanol–water partition coefficient (Wildman–Crippen LogP) is 5.93. The number of hydrogen-bond donors (Lipinski definition) is 0. The largest absolute Gasteiger partial charge is 0.112 e. The average Bonchev–Trinajstić information content (AvgIpc) is 2.29. The van der Waals surface area contributed by atoms with E-state index in [1.807, 2.05) is 30.3 Å². The Bertz CT molecular complexity index is 540. The van der Waals surface area contributed by atoms with Gasteiger partial charge in [-0.15, -0.1) is 11.6 Å². The molecule has 0 saturated heterocycles. The Balaban J connectivity index is 2.44. The lowest BCUT2D eigenvalue weighted by molar-refractivity contribution is 1.13. The fraction of sp³-hybridized carbons (Fsp3) is 0.0769. The molecule has 1 atom stereocenters. The molecule has 0 spiro atoms. The molecule has 0 aromatic heterocycles. The van der Waals surface area contributed by atoms with E-state index in [1.165, 1.54) is 0 Å². The highest BCUT2D eigenvalue weighted by Gasteiger charge is 2.16. The van der Waals surface area contributed by atoms with E-state index in [0.717, 1.165) is 14.7 Å². The monoisotopic (exact) mass is 396 g/mol. The average molecular weight is 397 g/mol. The topological polar surface area (TPSA) is 0 Å². The smallest absolute Gasteiger partial charge is 0.0860 e. The molecule has 0 fully saturated rings. The van der Waals surface area contributed by atoms with Crippen LogP contribution in [0.5, 0.6) is 0 Å². The first kappa shape index (κ1) is 13.5. The molecule has 0 nitrogen and oxygen atoms in total. The van der Waals surface area contributed by atoms with E-state index in [1.54, 1.807) is 12.1 Å². The summed E-state index contributed by atoms with van der Waals surface area (Å²) in [6.07, 6.45) is 0. The van der Waals surface area contributed by atoms with E-state index in [9.17, 15) is 0 Å². The second kappa shape index (κ2) is 5.79. The van der Waals surface area contributed by atoms with Gasteiger partial charge in [-0.25, -0.2) is 0 Å². The van der Waals surface area contributed by atoms with Gasteiger partial charge in [-0.3, -0.25) is 0 Å². The standard InChI is InChI=1S/C13H8Cl3I/c14-8-5-6-9(11(15)7-8)13(16)10-3-1-2-4-12(10)17/h1-7,13H. The van der Waals surface area contributed by atoms with Crippen molar-refractivity contribution in [1.29, 1.82) is 0 Å². The van der Waals surface area contributed by atoms with Gasteiger partial charge in [0.1, 0.15) is 0 Å². The van der Waals surface area contributed by atoms with Crippen molar-refractivity contribution in [3.8, 4) is 0 Å². The van der Waals surface area contributed by atoms with Crippen molar-refractivity contribution in [3.05, 3.63) is 67.2 Å². The molecular weight excluding hydrogens is 389 g/mol. The van der Waals surface area contributed by atoms with Crippen LogP contribution in [0.2, 0.25) is 10.0 Å². The fourth-order valence-electron chi connectivity index (χ4n) is 1.56. The third kappa shape index (κ3) is 3.08. The number of benzene rings is 2. The van der Waals surface area contributed by atoms with Gasteiger partial charge in [0.05, 0.1) is 5.38 Å². The first-order valence-corrected chi connectivity index (χ1v) is 7.20. The second-order valence-corrected chi connectivity index (χ2v) is 5.99. The van der Waals surface area contributed by atoms with E-state index >= 15 is 0 Å². The number of alkyl halides is 1. The zero-order chi connectivity index (χ0) is 12.4. The van der Waals surface area contributed by atoms with E-state index < -0.39 is 0 Å². The summed E-state index contributed by atoms with van der Waals surface area (Å²) in [6, 6.07) is 13.4. The Morgan fingerprint density at radius 1 is 0.941 bits per heavy atom. The Kier molecular flexibility index (Phi) is 4.59. The normalized spacial score (nSPS) is 12.5. The van der Waals surface area contributed by atoms with Crippen molar-refractivity contribution in [3.63, 3.8) is 0 Å². The van der Waals surface area contributed by atoms with Crippen LogP contribution in [-0.4, -0.2) is 0 Å². The van der Waals surface area contributed by atoms with Gasteiger partial charge in [0.2, 0.25) is 0 Å². The lowest BCUT2D eigenvalue weighted by Gasteiger charge is -2.14. The predicted molar refractivity (Wildman–Crippen MR) is 83.3 cm³/mol. The lowest BCUT2D eigenvalue weighted by atomic mass is 10.0. The zero-order valence-corrected chi connectivity index (χ0v) is 13.1. The van der Waals surface area contributed by atoms with Gasteiger partial charge in [-0.2, -0.15) is 0 Å². The van der Waals surface area contributed by atoms with Crippen LogP contribution in [-0.2, 0) is 0 Å². The number of rotatable bonds is 2. The molecular formula is C13H8Cl3I. The van der Waals surface area contributed by atoms with Gasteiger partial charge in [-0.1, -0.05) is 47.5 Å². The molecule has 0 aliphatic heterocycles. The quantitative estimate of drug-likeness (QED) is 0.435. The minimum absolute atomic E-state index is 0.257. The van der Waals surface area contributed by atoms with Crippen LogP contribution in [0.4, 0.5) is 0 Å². The van der Waals surface area contributed by atoms with E-state index in [-0.39, 0.29) is 5.38 Å². The first-order chi connectivity index (χ1) is 8.09. The molecule has 4 heteroatoms. The molecule has 0 bridgehead atoms.